The van der Waals surface area contributed by atoms with Crippen LogP contribution in [0.1, 0.15) is 13.8 Å². The maximum absolute atomic E-state index is 12.2. The van der Waals surface area contributed by atoms with Crippen LogP contribution in [0, 0.1) is 0 Å². The molecule has 0 aromatic carbocycles. The van der Waals surface area contributed by atoms with Crippen LogP contribution >= 0.6 is 11.8 Å². The number of ether oxygens (including phenoxy) is 1. The molecule has 0 radical (unpaired) electrons. The van der Waals surface area contributed by atoms with E-state index in [1.54, 1.807) is 0 Å². The van der Waals surface area contributed by atoms with Crippen LogP contribution in [0.5, 0.6) is 0 Å². The van der Waals surface area contributed by atoms with Gasteiger partial charge in [0.2, 0.25) is 5.91 Å². The summed E-state index contributed by atoms with van der Waals surface area (Å²) in [4.78, 5) is 14.2. The summed E-state index contributed by atoms with van der Waals surface area (Å²) < 4.78 is 5.33. The van der Waals surface area contributed by atoms with Crippen molar-refractivity contribution in [2.24, 2.45) is 0 Å². The molecule has 2 aliphatic heterocycles. The highest BCUT2D eigenvalue weighted by Gasteiger charge is 2.31. The zero-order valence-electron chi connectivity index (χ0n) is 9.94. The molecule has 2 heterocycles. The molecule has 0 aromatic heterocycles. The summed E-state index contributed by atoms with van der Waals surface area (Å²) in [5, 5.41) is 4.30. The Kier molecular flexibility index (Phi) is 4.10. The van der Waals surface area contributed by atoms with E-state index < -0.39 is 0 Å². The molecule has 2 saturated heterocycles. The standard InChI is InChI=1S/C11H20N2O2S/c1-8-5-13(6-9(2)16-8)11(14)10-7-15-4-3-12-10/h8-10,12H,3-7H2,1-2H3. The van der Waals surface area contributed by atoms with Crippen LogP contribution in [0.4, 0.5) is 0 Å². The maximum atomic E-state index is 12.2. The lowest BCUT2D eigenvalue weighted by Gasteiger charge is -2.37. The molecule has 2 aliphatic rings. The second-order valence-corrected chi connectivity index (χ2v) is 6.46. The molecule has 1 amide bonds. The Morgan fingerprint density at radius 1 is 1.38 bits per heavy atom. The fraction of sp³-hybridized carbons (Fsp3) is 0.909. The Hall–Kier alpha value is -0.260. The first-order valence-corrected chi connectivity index (χ1v) is 6.86. The fourth-order valence-electron chi connectivity index (χ4n) is 2.30. The smallest absolute Gasteiger partial charge is 0.242 e. The van der Waals surface area contributed by atoms with Crippen LogP contribution in [0.15, 0.2) is 0 Å². The summed E-state index contributed by atoms with van der Waals surface area (Å²) in [6.07, 6.45) is 0. The van der Waals surface area contributed by atoms with Gasteiger partial charge in [0.1, 0.15) is 6.04 Å². The summed E-state index contributed by atoms with van der Waals surface area (Å²) in [5.41, 5.74) is 0. The Balaban J connectivity index is 1.92. The molecule has 2 rings (SSSR count). The van der Waals surface area contributed by atoms with E-state index in [0.717, 1.165) is 19.6 Å². The van der Waals surface area contributed by atoms with Crippen LogP contribution < -0.4 is 5.32 Å². The first-order valence-electron chi connectivity index (χ1n) is 5.92. The lowest BCUT2D eigenvalue weighted by Crippen LogP contribution is -2.55. The first kappa shape index (κ1) is 12.2. The number of amides is 1. The zero-order valence-corrected chi connectivity index (χ0v) is 10.8. The van der Waals surface area contributed by atoms with Crippen molar-refractivity contribution < 1.29 is 9.53 Å². The van der Waals surface area contributed by atoms with Gasteiger partial charge in [0.05, 0.1) is 13.2 Å². The average Bonchev–Trinajstić information content (AvgIpc) is 2.28. The minimum atomic E-state index is -0.128. The molecule has 3 unspecified atom stereocenters. The molecular weight excluding hydrogens is 224 g/mol. The van der Waals surface area contributed by atoms with Crippen molar-refractivity contribution in [1.82, 2.24) is 10.2 Å². The van der Waals surface area contributed by atoms with E-state index in [-0.39, 0.29) is 11.9 Å². The van der Waals surface area contributed by atoms with E-state index in [0.29, 0.717) is 23.7 Å². The molecular formula is C11H20N2O2S. The number of hydrogen-bond donors (Lipinski definition) is 1. The topological polar surface area (TPSA) is 41.6 Å². The number of carbonyl (C=O) groups is 1. The Morgan fingerprint density at radius 3 is 2.62 bits per heavy atom. The molecule has 0 aliphatic carbocycles. The molecule has 3 atom stereocenters. The van der Waals surface area contributed by atoms with Crippen LogP contribution in [0.3, 0.4) is 0 Å². The van der Waals surface area contributed by atoms with Gasteiger partial charge in [-0.15, -0.1) is 0 Å². The highest BCUT2D eigenvalue weighted by atomic mass is 32.2. The molecule has 4 nitrogen and oxygen atoms in total. The Labute approximate surface area is 101 Å². The number of morpholine rings is 1. The van der Waals surface area contributed by atoms with Gasteiger partial charge in [-0.05, 0) is 0 Å². The zero-order chi connectivity index (χ0) is 11.5. The first-order chi connectivity index (χ1) is 7.66. The minimum Gasteiger partial charge on any atom is -0.378 e. The van der Waals surface area contributed by atoms with Gasteiger partial charge in [0.25, 0.3) is 0 Å². The van der Waals surface area contributed by atoms with Gasteiger partial charge in [-0.1, -0.05) is 13.8 Å². The largest absolute Gasteiger partial charge is 0.378 e. The van der Waals surface area contributed by atoms with Crippen molar-refractivity contribution in [3.05, 3.63) is 0 Å². The summed E-state index contributed by atoms with van der Waals surface area (Å²) >= 11 is 1.96. The van der Waals surface area contributed by atoms with Gasteiger partial charge in [0, 0.05) is 30.1 Å². The maximum Gasteiger partial charge on any atom is 0.242 e. The van der Waals surface area contributed by atoms with Crippen LogP contribution in [0.2, 0.25) is 0 Å². The van der Waals surface area contributed by atoms with Crippen LogP contribution in [-0.2, 0) is 9.53 Å². The molecule has 2 fully saturated rings. The van der Waals surface area contributed by atoms with Crippen LogP contribution in [0.25, 0.3) is 0 Å². The predicted molar refractivity (Wildman–Crippen MR) is 65.7 cm³/mol. The third kappa shape index (κ3) is 2.90. The number of hydrogen-bond acceptors (Lipinski definition) is 4. The van der Waals surface area contributed by atoms with Gasteiger partial charge < -0.3 is 15.0 Å². The van der Waals surface area contributed by atoms with Gasteiger partial charge in [-0.2, -0.15) is 11.8 Å². The lowest BCUT2D eigenvalue weighted by molar-refractivity contribution is -0.136. The summed E-state index contributed by atoms with van der Waals surface area (Å²) in [5.74, 6) is 0.207. The van der Waals surface area contributed by atoms with Crippen molar-refractivity contribution in [2.75, 3.05) is 32.8 Å². The molecule has 0 aromatic rings. The second-order valence-electron chi connectivity index (χ2n) is 4.58. The number of carbonyl (C=O) groups excluding carboxylic acids is 1. The normalized spacial score (nSPS) is 36.1. The number of nitrogens with one attached hydrogen (secondary N) is 1. The van der Waals surface area contributed by atoms with Gasteiger partial charge in [-0.25, -0.2) is 0 Å². The molecule has 1 N–H and O–H groups in total. The monoisotopic (exact) mass is 244 g/mol. The predicted octanol–water partition coefficient (Wildman–Crippen LogP) is 0.327. The summed E-state index contributed by atoms with van der Waals surface area (Å²) in [6, 6.07) is -0.128. The van der Waals surface area contributed by atoms with Crippen molar-refractivity contribution in [3.8, 4) is 0 Å². The molecule has 5 heteroatoms. The lowest BCUT2D eigenvalue weighted by atomic mass is 10.2. The van der Waals surface area contributed by atoms with Gasteiger partial charge >= 0.3 is 0 Å². The molecule has 0 saturated carbocycles. The third-order valence-electron chi connectivity index (χ3n) is 2.95. The van der Waals surface area contributed by atoms with E-state index in [1.807, 2.05) is 16.7 Å². The quantitative estimate of drug-likeness (QED) is 0.721. The minimum absolute atomic E-state index is 0.128. The van der Waals surface area contributed by atoms with Crippen molar-refractivity contribution in [3.63, 3.8) is 0 Å². The second kappa shape index (κ2) is 5.38. The molecule has 0 bridgehead atoms. The van der Waals surface area contributed by atoms with E-state index >= 15 is 0 Å². The molecule has 92 valence electrons. The molecule has 0 spiro atoms. The Bertz CT molecular complexity index is 246. The Morgan fingerprint density at radius 2 is 2.06 bits per heavy atom. The van der Waals surface area contributed by atoms with E-state index in [2.05, 4.69) is 19.2 Å². The summed E-state index contributed by atoms with van der Waals surface area (Å²) in [7, 11) is 0. The van der Waals surface area contributed by atoms with Gasteiger partial charge in [0.15, 0.2) is 0 Å². The number of nitrogens with zero attached hydrogens (tertiary/aromatic N) is 1. The average molecular weight is 244 g/mol. The fourth-order valence-corrected chi connectivity index (χ4v) is 3.63. The van der Waals surface area contributed by atoms with Crippen molar-refractivity contribution >= 4 is 17.7 Å². The highest BCUT2D eigenvalue weighted by molar-refractivity contribution is 8.00. The summed E-state index contributed by atoms with van der Waals surface area (Å²) in [6.45, 7) is 8.12. The number of thioether (sulfide) groups is 1. The van der Waals surface area contributed by atoms with E-state index in [1.165, 1.54) is 0 Å². The van der Waals surface area contributed by atoms with Crippen molar-refractivity contribution in [1.29, 1.82) is 0 Å². The van der Waals surface area contributed by atoms with E-state index in [4.69, 9.17) is 4.74 Å². The highest BCUT2D eigenvalue weighted by Crippen LogP contribution is 2.25. The van der Waals surface area contributed by atoms with E-state index in [9.17, 15) is 4.79 Å². The SMILES string of the molecule is CC1CN(C(=O)C2COCCN2)CC(C)S1. The van der Waals surface area contributed by atoms with Crippen molar-refractivity contribution in [2.45, 2.75) is 30.4 Å². The number of rotatable bonds is 1. The van der Waals surface area contributed by atoms with Gasteiger partial charge in [-0.3, -0.25) is 4.79 Å². The van der Waals surface area contributed by atoms with Crippen LogP contribution in [-0.4, -0.2) is 60.2 Å². The third-order valence-corrected chi connectivity index (χ3v) is 4.18. The molecule has 16 heavy (non-hydrogen) atoms.